The van der Waals surface area contributed by atoms with Crippen molar-refractivity contribution >= 4 is 11.4 Å². The van der Waals surface area contributed by atoms with Crippen molar-refractivity contribution in [3.05, 3.63) is 72.8 Å². The van der Waals surface area contributed by atoms with Crippen molar-refractivity contribution in [3.63, 3.8) is 0 Å². The average molecular weight is 278 g/mol. The molecule has 2 aromatic rings. The van der Waals surface area contributed by atoms with Crippen LogP contribution in [-0.4, -0.2) is 18.6 Å². The molecule has 1 aliphatic rings. The molecule has 2 unspecified atom stereocenters. The van der Waals surface area contributed by atoms with Crippen LogP contribution in [0.1, 0.15) is 12.5 Å². The zero-order valence-electron chi connectivity index (χ0n) is 12.5. The van der Waals surface area contributed by atoms with Gasteiger partial charge in [0, 0.05) is 24.0 Å². The molecule has 0 bridgehead atoms. The van der Waals surface area contributed by atoms with Crippen molar-refractivity contribution in [3.8, 4) is 0 Å². The van der Waals surface area contributed by atoms with Gasteiger partial charge in [0.2, 0.25) is 0 Å². The van der Waals surface area contributed by atoms with E-state index in [0.29, 0.717) is 12.1 Å². The van der Waals surface area contributed by atoms with E-state index >= 15 is 0 Å². The molecule has 21 heavy (non-hydrogen) atoms. The molecular formula is C19H22N2. The maximum absolute atomic E-state index is 3.80. The minimum atomic E-state index is 0.399. The molecule has 1 aliphatic heterocycles. The van der Waals surface area contributed by atoms with Crippen molar-refractivity contribution in [2.75, 3.05) is 11.4 Å². The van der Waals surface area contributed by atoms with E-state index in [1.165, 1.54) is 16.9 Å². The van der Waals surface area contributed by atoms with Crippen LogP contribution >= 0.6 is 0 Å². The monoisotopic (exact) mass is 278 g/mol. The molecule has 2 atom stereocenters. The number of para-hydroxylation sites is 2. The molecule has 1 heterocycles. The first-order valence-electron chi connectivity index (χ1n) is 7.57. The number of hydrogen-bond acceptors (Lipinski definition) is 2. The molecule has 2 heteroatoms. The first-order chi connectivity index (χ1) is 10.3. The first kappa shape index (κ1) is 13.9. The fourth-order valence-corrected chi connectivity index (χ4v) is 3.14. The van der Waals surface area contributed by atoms with Crippen LogP contribution in [0.15, 0.2) is 67.3 Å². The highest BCUT2D eigenvalue weighted by Gasteiger charge is 2.33. The lowest BCUT2D eigenvalue weighted by Gasteiger charge is -2.32. The molecule has 2 aromatic carbocycles. The van der Waals surface area contributed by atoms with Crippen LogP contribution < -0.4 is 10.2 Å². The van der Waals surface area contributed by atoms with Gasteiger partial charge in [-0.3, -0.25) is 0 Å². The number of benzene rings is 2. The lowest BCUT2D eigenvalue weighted by Crippen LogP contribution is -2.45. The van der Waals surface area contributed by atoms with Crippen molar-refractivity contribution in [1.82, 2.24) is 5.32 Å². The number of anilines is 2. The number of nitrogens with one attached hydrogen (secondary N) is 1. The van der Waals surface area contributed by atoms with Crippen LogP contribution in [0.5, 0.6) is 0 Å². The van der Waals surface area contributed by atoms with E-state index in [0.717, 1.165) is 13.0 Å². The summed E-state index contributed by atoms with van der Waals surface area (Å²) in [6, 6.07) is 20.2. The summed E-state index contributed by atoms with van der Waals surface area (Å²) in [5, 5.41) is 3.55. The van der Waals surface area contributed by atoms with E-state index in [2.05, 4.69) is 78.3 Å². The average Bonchev–Trinajstić information content (AvgIpc) is 2.93. The van der Waals surface area contributed by atoms with Crippen molar-refractivity contribution in [1.29, 1.82) is 0 Å². The van der Waals surface area contributed by atoms with Gasteiger partial charge in [-0.15, -0.1) is 6.58 Å². The first-order valence-corrected chi connectivity index (χ1v) is 7.57. The predicted molar refractivity (Wildman–Crippen MR) is 90.2 cm³/mol. The number of hydrogen-bond donors (Lipinski definition) is 1. The van der Waals surface area contributed by atoms with Crippen molar-refractivity contribution in [2.24, 2.45) is 0 Å². The molecule has 0 fully saturated rings. The Morgan fingerprint density at radius 3 is 2.67 bits per heavy atom. The molecule has 0 aromatic heterocycles. The molecule has 108 valence electrons. The third kappa shape index (κ3) is 2.72. The van der Waals surface area contributed by atoms with Crippen LogP contribution in [0, 0.1) is 0 Å². The largest absolute Gasteiger partial charge is 0.336 e. The van der Waals surface area contributed by atoms with E-state index in [1.54, 1.807) is 0 Å². The fraction of sp³-hybridized carbons (Fsp3) is 0.263. The Balaban J connectivity index is 1.95. The van der Waals surface area contributed by atoms with Gasteiger partial charge in [-0.1, -0.05) is 42.5 Å². The zero-order chi connectivity index (χ0) is 14.7. The Morgan fingerprint density at radius 2 is 1.90 bits per heavy atom. The van der Waals surface area contributed by atoms with E-state index in [1.807, 2.05) is 6.08 Å². The Morgan fingerprint density at radius 1 is 1.19 bits per heavy atom. The summed E-state index contributed by atoms with van der Waals surface area (Å²) in [7, 11) is 0. The van der Waals surface area contributed by atoms with Crippen molar-refractivity contribution < 1.29 is 0 Å². The van der Waals surface area contributed by atoms with Gasteiger partial charge in [-0.2, -0.15) is 0 Å². The second-order valence-corrected chi connectivity index (χ2v) is 5.59. The van der Waals surface area contributed by atoms with E-state index in [4.69, 9.17) is 0 Å². The Kier molecular flexibility index (Phi) is 4.07. The molecule has 0 saturated carbocycles. The molecular weight excluding hydrogens is 256 g/mol. The summed E-state index contributed by atoms with van der Waals surface area (Å²) in [6.45, 7) is 6.90. The SMILES string of the molecule is C=CCNC(C)C1Cc2ccccc2N1c1ccccc1. The number of rotatable bonds is 5. The third-order valence-corrected chi connectivity index (χ3v) is 4.21. The Labute approximate surface area is 127 Å². The predicted octanol–water partition coefficient (Wildman–Crippen LogP) is 3.91. The van der Waals surface area contributed by atoms with Crippen LogP contribution in [0.2, 0.25) is 0 Å². The summed E-state index contributed by atoms with van der Waals surface area (Å²) in [6.07, 6.45) is 3.00. The molecule has 0 amide bonds. The minimum Gasteiger partial charge on any atom is -0.336 e. The second kappa shape index (κ2) is 6.15. The van der Waals surface area contributed by atoms with Gasteiger partial charge in [0.25, 0.3) is 0 Å². The molecule has 0 radical (unpaired) electrons. The topological polar surface area (TPSA) is 15.3 Å². The number of nitrogens with zero attached hydrogens (tertiary/aromatic N) is 1. The summed E-state index contributed by atoms with van der Waals surface area (Å²) < 4.78 is 0. The quantitative estimate of drug-likeness (QED) is 0.834. The van der Waals surface area contributed by atoms with E-state index < -0.39 is 0 Å². The summed E-state index contributed by atoms with van der Waals surface area (Å²) in [4.78, 5) is 2.47. The summed E-state index contributed by atoms with van der Waals surface area (Å²) in [5.41, 5.74) is 4.03. The van der Waals surface area contributed by atoms with E-state index in [-0.39, 0.29) is 0 Å². The summed E-state index contributed by atoms with van der Waals surface area (Å²) >= 11 is 0. The van der Waals surface area contributed by atoms with Gasteiger partial charge < -0.3 is 10.2 Å². The summed E-state index contributed by atoms with van der Waals surface area (Å²) in [5.74, 6) is 0. The van der Waals surface area contributed by atoms with Gasteiger partial charge in [-0.25, -0.2) is 0 Å². The van der Waals surface area contributed by atoms with Crippen LogP contribution in [-0.2, 0) is 6.42 Å². The minimum absolute atomic E-state index is 0.399. The highest BCUT2D eigenvalue weighted by atomic mass is 15.2. The van der Waals surface area contributed by atoms with Gasteiger partial charge in [0.05, 0.1) is 6.04 Å². The molecule has 1 N–H and O–H groups in total. The van der Waals surface area contributed by atoms with Gasteiger partial charge >= 0.3 is 0 Å². The highest BCUT2D eigenvalue weighted by molar-refractivity contribution is 5.71. The molecule has 0 aliphatic carbocycles. The molecule has 3 rings (SSSR count). The highest BCUT2D eigenvalue weighted by Crippen LogP contribution is 2.39. The standard InChI is InChI=1S/C19H22N2/c1-3-13-20-15(2)19-14-16-9-7-8-12-18(16)21(19)17-10-5-4-6-11-17/h3-12,15,19-20H,1,13-14H2,2H3. The number of fused-ring (bicyclic) bond motifs is 1. The smallest absolute Gasteiger partial charge is 0.0533 e. The maximum atomic E-state index is 3.80. The van der Waals surface area contributed by atoms with Crippen LogP contribution in [0.3, 0.4) is 0 Å². The van der Waals surface area contributed by atoms with Crippen molar-refractivity contribution in [2.45, 2.75) is 25.4 Å². The third-order valence-electron chi connectivity index (χ3n) is 4.21. The Bertz CT molecular complexity index is 606. The Hall–Kier alpha value is -2.06. The fourth-order valence-electron chi connectivity index (χ4n) is 3.14. The lowest BCUT2D eigenvalue weighted by molar-refractivity contribution is 0.482. The lowest BCUT2D eigenvalue weighted by atomic mass is 10.0. The zero-order valence-corrected chi connectivity index (χ0v) is 12.5. The van der Waals surface area contributed by atoms with Gasteiger partial charge in [-0.05, 0) is 37.1 Å². The molecule has 2 nitrogen and oxygen atoms in total. The van der Waals surface area contributed by atoms with Gasteiger partial charge in [0.15, 0.2) is 0 Å². The normalized spacial score (nSPS) is 18.3. The van der Waals surface area contributed by atoms with Gasteiger partial charge in [0.1, 0.15) is 0 Å². The van der Waals surface area contributed by atoms with Crippen LogP contribution in [0.4, 0.5) is 11.4 Å². The van der Waals surface area contributed by atoms with Crippen LogP contribution in [0.25, 0.3) is 0 Å². The maximum Gasteiger partial charge on any atom is 0.0533 e. The van der Waals surface area contributed by atoms with E-state index in [9.17, 15) is 0 Å². The molecule has 0 saturated heterocycles. The molecule has 0 spiro atoms. The second-order valence-electron chi connectivity index (χ2n) is 5.59.